The SMILES string of the molecule is Cc1cc(F)cc(C(=O)Nc2cccc(O)c2)c1. The van der Waals surface area contributed by atoms with Crippen LogP contribution in [0.2, 0.25) is 0 Å². The number of carbonyl (C=O) groups excluding carboxylic acids is 1. The minimum Gasteiger partial charge on any atom is -0.508 e. The van der Waals surface area contributed by atoms with Gasteiger partial charge >= 0.3 is 0 Å². The molecule has 2 aromatic rings. The first kappa shape index (κ1) is 12.1. The molecular weight excluding hydrogens is 233 g/mol. The first-order chi connectivity index (χ1) is 8.54. The molecule has 2 N–H and O–H groups in total. The van der Waals surface area contributed by atoms with Crippen LogP contribution < -0.4 is 5.32 Å². The van der Waals surface area contributed by atoms with E-state index in [9.17, 15) is 14.3 Å². The van der Waals surface area contributed by atoms with E-state index in [-0.39, 0.29) is 11.3 Å². The van der Waals surface area contributed by atoms with Crippen LogP contribution in [0.15, 0.2) is 42.5 Å². The molecule has 0 saturated carbocycles. The van der Waals surface area contributed by atoms with E-state index >= 15 is 0 Å². The summed E-state index contributed by atoms with van der Waals surface area (Å²) >= 11 is 0. The van der Waals surface area contributed by atoms with E-state index in [1.165, 1.54) is 24.3 Å². The number of amides is 1. The minimum absolute atomic E-state index is 0.0585. The minimum atomic E-state index is -0.448. The molecule has 0 radical (unpaired) electrons. The molecule has 0 aliphatic heterocycles. The first-order valence-electron chi connectivity index (χ1n) is 5.42. The summed E-state index contributed by atoms with van der Waals surface area (Å²) in [6.45, 7) is 1.72. The zero-order chi connectivity index (χ0) is 13.1. The van der Waals surface area contributed by atoms with Crippen molar-refractivity contribution < 1.29 is 14.3 Å². The Labute approximate surface area is 104 Å². The van der Waals surface area contributed by atoms with Crippen LogP contribution in [0, 0.1) is 12.7 Å². The number of phenols is 1. The Kier molecular flexibility index (Phi) is 3.28. The summed E-state index contributed by atoms with van der Waals surface area (Å²) in [7, 11) is 0. The predicted octanol–water partition coefficient (Wildman–Crippen LogP) is 3.09. The highest BCUT2D eigenvalue weighted by Crippen LogP contribution is 2.17. The number of nitrogens with one attached hydrogen (secondary N) is 1. The molecule has 2 rings (SSSR count). The number of hydrogen-bond donors (Lipinski definition) is 2. The summed E-state index contributed by atoms with van der Waals surface area (Å²) in [6.07, 6.45) is 0. The van der Waals surface area contributed by atoms with Crippen LogP contribution in [0.1, 0.15) is 15.9 Å². The Morgan fingerprint density at radius 3 is 2.67 bits per heavy atom. The summed E-state index contributed by atoms with van der Waals surface area (Å²) in [5.74, 6) is -0.803. The van der Waals surface area contributed by atoms with Crippen molar-refractivity contribution in [3.8, 4) is 5.75 Å². The standard InChI is InChI=1S/C14H12FNO2/c1-9-5-10(7-11(15)6-9)14(18)16-12-3-2-4-13(17)8-12/h2-8,17H,1H3,(H,16,18). The second kappa shape index (κ2) is 4.87. The lowest BCUT2D eigenvalue weighted by Crippen LogP contribution is -2.12. The lowest BCUT2D eigenvalue weighted by atomic mass is 10.1. The first-order valence-corrected chi connectivity index (χ1v) is 5.42. The highest BCUT2D eigenvalue weighted by atomic mass is 19.1. The van der Waals surface area contributed by atoms with Crippen LogP contribution in [0.4, 0.5) is 10.1 Å². The van der Waals surface area contributed by atoms with Crippen LogP contribution in [-0.4, -0.2) is 11.0 Å². The van der Waals surface area contributed by atoms with Gasteiger partial charge in [-0.3, -0.25) is 4.79 Å². The number of halogens is 1. The van der Waals surface area contributed by atoms with Crippen molar-refractivity contribution in [2.45, 2.75) is 6.92 Å². The maximum atomic E-state index is 13.2. The van der Waals surface area contributed by atoms with Gasteiger partial charge in [-0.15, -0.1) is 0 Å². The summed E-state index contributed by atoms with van der Waals surface area (Å²) in [4.78, 5) is 11.9. The van der Waals surface area contributed by atoms with Gasteiger partial charge in [0.15, 0.2) is 0 Å². The number of benzene rings is 2. The van der Waals surface area contributed by atoms with Gasteiger partial charge in [-0.1, -0.05) is 6.07 Å². The Hall–Kier alpha value is -2.36. The van der Waals surface area contributed by atoms with E-state index in [0.717, 1.165) is 0 Å². The van der Waals surface area contributed by atoms with Gasteiger partial charge < -0.3 is 10.4 Å². The molecule has 0 heterocycles. The maximum absolute atomic E-state index is 13.2. The third kappa shape index (κ3) is 2.85. The van der Waals surface area contributed by atoms with Gasteiger partial charge in [0, 0.05) is 17.3 Å². The van der Waals surface area contributed by atoms with Crippen molar-refractivity contribution in [2.75, 3.05) is 5.32 Å². The summed E-state index contributed by atoms with van der Waals surface area (Å²) < 4.78 is 13.2. The van der Waals surface area contributed by atoms with Crippen LogP contribution in [0.5, 0.6) is 5.75 Å². The Morgan fingerprint density at radius 1 is 1.22 bits per heavy atom. The van der Waals surface area contributed by atoms with Gasteiger partial charge in [-0.05, 0) is 42.8 Å². The molecule has 0 fully saturated rings. The Bertz CT molecular complexity index is 576. The summed E-state index contributed by atoms with van der Waals surface area (Å²) in [5, 5.41) is 11.9. The number of aromatic hydroxyl groups is 1. The maximum Gasteiger partial charge on any atom is 0.255 e. The van der Waals surface area contributed by atoms with Crippen molar-refractivity contribution in [1.82, 2.24) is 0 Å². The van der Waals surface area contributed by atoms with Gasteiger partial charge in [-0.2, -0.15) is 0 Å². The molecule has 0 saturated heterocycles. The molecule has 0 aliphatic rings. The number of carbonyl (C=O) groups is 1. The topological polar surface area (TPSA) is 49.3 Å². The number of rotatable bonds is 2. The molecule has 92 valence electrons. The van der Waals surface area contributed by atoms with Crippen molar-refractivity contribution in [3.05, 3.63) is 59.4 Å². The lowest BCUT2D eigenvalue weighted by Gasteiger charge is -2.06. The molecule has 0 aromatic heterocycles. The van der Waals surface area contributed by atoms with Gasteiger partial charge in [0.25, 0.3) is 5.91 Å². The fraction of sp³-hybridized carbons (Fsp3) is 0.0714. The van der Waals surface area contributed by atoms with Crippen molar-refractivity contribution in [3.63, 3.8) is 0 Å². The van der Waals surface area contributed by atoms with E-state index in [2.05, 4.69) is 5.32 Å². The largest absolute Gasteiger partial charge is 0.508 e. The molecule has 0 spiro atoms. The average Bonchev–Trinajstić information content (AvgIpc) is 2.27. The Morgan fingerprint density at radius 2 is 2.00 bits per heavy atom. The van der Waals surface area contributed by atoms with Gasteiger partial charge in [0.1, 0.15) is 11.6 Å². The van der Waals surface area contributed by atoms with E-state index in [1.807, 2.05) is 0 Å². The smallest absolute Gasteiger partial charge is 0.255 e. The van der Waals surface area contributed by atoms with Crippen molar-refractivity contribution in [1.29, 1.82) is 0 Å². The summed E-state index contributed by atoms with van der Waals surface area (Å²) in [6, 6.07) is 10.3. The number of aryl methyl sites for hydroxylation is 1. The average molecular weight is 245 g/mol. The van der Waals surface area contributed by atoms with E-state index < -0.39 is 11.7 Å². The third-order valence-corrected chi connectivity index (χ3v) is 2.41. The fourth-order valence-electron chi connectivity index (χ4n) is 1.65. The number of anilines is 1. The number of hydrogen-bond acceptors (Lipinski definition) is 2. The zero-order valence-electron chi connectivity index (χ0n) is 9.77. The van der Waals surface area contributed by atoms with E-state index in [0.29, 0.717) is 11.3 Å². The molecule has 3 nitrogen and oxygen atoms in total. The van der Waals surface area contributed by atoms with E-state index in [4.69, 9.17) is 0 Å². The third-order valence-electron chi connectivity index (χ3n) is 2.41. The molecule has 2 aromatic carbocycles. The fourth-order valence-corrected chi connectivity index (χ4v) is 1.65. The monoisotopic (exact) mass is 245 g/mol. The van der Waals surface area contributed by atoms with E-state index in [1.54, 1.807) is 25.1 Å². The number of phenolic OH excluding ortho intramolecular Hbond substituents is 1. The molecule has 0 aliphatic carbocycles. The quantitative estimate of drug-likeness (QED) is 0.854. The van der Waals surface area contributed by atoms with Gasteiger partial charge in [0.05, 0.1) is 0 Å². The van der Waals surface area contributed by atoms with Crippen LogP contribution in [0.3, 0.4) is 0 Å². The summed E-state index contributed by atoms with van der Waals surface area (Å²) in [5.41, 5.74) is 1.38. The molecule has 0 atom stereocenters. The normalized spacial score (nSPS) is 10.1. The Balaban J connectivity index is 2.22. The second-order valence-electron chi connectivity index (χ2n) is 4.02. The molecule has 4 heteroatoms. The van der Waals surface area contributed by atoms with Crippen molar-refractivity contribution in [2.24, 2.45) is 0 Å². The highest BCUT2D eigenvalue weighted by Gasteiger charge is 2.08. The lowest BCUT2D eigenvalue weighted by molar-refractivity contribution is 0.102. The molecule has 18 heavy (non-hydrogen) atoms. The van der Waals surface area contributed by atoms with Crippen molar-refractivity contribution >= 4 is 11.6 Å². The van der Waals surface area contributed by atoms with Crippen LogP contribution >= 0.6 is 0 Å². The molecule has 0 bridgehead atoms. The zero-order valence-corrected chi connectivity index (χ0v) is 9.77. The second-order valence-corrected chi connectivity index (χ2v) is 4.02. The van der Waals surface area contributed by atoms with Gasteiger partial charge in [-0.25, -0.2) is 4.39 Å². The van der Waals surface area contributed by atoms with Crippen LogP contribution in [-0.2, 0) is 0 Å². The highest BCUT2D eigenvalue weighted by molar-refractivity contribution is 6.04. The van der Waals surface area contributed by atoms with Crippen LogP contribution in [0.25, 0.3) is 0 Å². The molecular formula is C14H12FNO2. The molecule has 1 amide bonds. The molecule has 0 unspecified atom stereocenters. The van der Waals surface area contributed by atoms with Gasteiger partial charge in [0.2, 0.25) is 0 Å². The predicted molar refractivity (Wildman–Crippen MR) is 67.2 cm³/mol.